The fourth-order valence-corrected chi connectivity index (χ4v) is 4.13. The lowest BCUT2D eigenvalue weighted by Gasteiger charge is -2.13. The van der Waals surface area contributed by atoms with Crippen LogP contribution in [0.15, 0.2) is 41.8 Å². The van der Waals surface area contributed by atoms with Gasteiger partial charge in [-0.25, -0.2) is 4.98 Å². The average Bonchev–Trinajstić information content (AvgIpc) is 3.46. The first-order valence-electron chi connectivity index (χ1n) is 10.6. The molecule has 2 heterocycles. The van der Waals surface area contributed by atoms with Crippen LogP contribution in [-0.4, -0.2) is 43.2 Å². The van der Waals surface area contributed by atoms with Gasteiger partial charge in [-0.3, -0.25) is 14.9 Å². The molecule has 33 heavy (non-hydrogen) atoms. The summed E-state index contributed by atoms with van der Waals surface area (Å²) < 4.78 is 16.4. The van der Waals surface area contributed by atoms with Gasteiger partial charge in [0.2, 0.25) is 0 Å². The summed E-state index contributed by atoms with van der Waals surface area (Å²) >= 11 is 1.36. The molecule has 2 aromatic carbocycles. The molecule has 8 nitrogen and oxygen atoms in total. The van der Waals surface area contributed by atoms with E-state index < -0.39 is 0 Å². The van der Waals surface area contributed by atoms with E-state index in [0.717, 1.165) is 23.4 Å². The van der Waals surface area contributed by atoms with Crippen molar-refractivity contribution in [1.82, 2.24) is 10.3 Å². The van der Waals surface area contributed by atoms with E-state index in [2.05, 4.69) is 21.7 Å². The van der Waals surface area contributed by atoms with Crippen molar-refractivity contribution < 1.29 is 23.8 Å². The summed E-state index contributed by atoms with van der Waals surface area (Å²) in [4.78, 5) is 29.1. The van der Waals surface area contributed by atoms with Crippen molar-refractivity contribution in [2.75, 3.05) is 25.6 Å². The molecule has 1 aliphatic rings. The fourth-order valence-electron chi connectivity index (χ4n) is 3.41. The summed E-state index contributed by atoms with van der Waals surface area (Å²) in [5.74, 6) is 1.11. The number of methoxy groups -OCH3 is 1. The summed E-state index contributed by atoms with van der Waals surface area (Å²) in [7, 11) is 1.48. The molecule has 1 aromatic heterocycles. The van der Waals surface area contributed by atoms with Gasteiger partial charge < -0.3 is 19.5 Å². The summed E-state index contributed by atoms with van der Waals surface area (Å²) in [5.41, 5.74) is 3.34. The highest BCUT2D eigenvalue weighted by molar-refractivity contribution is 7.14. The minimum Gasteiger partial charge on any atom is -0.493 e. The van der Waals surface area contributed by atoms with Crippen molar-refractivity contribution in [3.63, 3.8) is 0 Å². The highest BCUT2D eigenvalue weighted by atomic mass is 32.1. The molecule has 2 amide bonds. The van der Waals surface area contributed by atoms with Crippen LogP contribution in [0.1, 0.15) is 29.8 Å². The molecule has 0 saturated heterocycles. The Labute approximate surface area is 195 Å². The number of nitrogens with one attached hydrogen (secondary N) is 2. The zero-order valence-electron chi connectivity index (χ0n) is 18.6. The van der Waals surface area contributed by atoms with E-state index in [1.807, 2.05) is 31.4 Å². The SMILES string of the molecule is COc1cc(C(=O)Nc2nc(-c3ccc4c(c3)CCO4)cs2)ccc1OCC(=O)NC(C)C. The van der Waals surface area contributed by atoms with Crippen molar-refractivity contribution in [2.45, 2.75) is 26.3 Å². The second kappa shape index (κ2) is 9.91. The van der Waals surface area contributed by atoms with Crippen molar-refractivity contribution >= 4 is 28.3 Å². The van der Waals surface area contributed by atoms with Gasteiger partial charge >= 0.3 is 0 Å². The Kier molecular flexibility index (Phi) is 6.79. The van der Waals surface area contributed by atoms with Gasteiger partial charge in [0.15, 0.2) is 23.2 Å². The maximum absolute atomic E-state index is 12.8. The molecule has 9 heteroatoms. The number of carbonyl (C=O) groups is 2. The normalized spacial score (nSPS) is 12.1. The second-order valence-electron chi connectivity index (χ2n) is 7.79. The standard InChI is InChI=1S/C24H25N3O5S/c1-14(2)25-22(28)12-32-20-7-5-17(11-21(20)30-3)23(29)27-24-26-18(13-33-24)15-4-6-19-16(10-15)8-9-31-19/h4-7,10-11,13-14H,8-9,12H2,1-3H3,(H,25,28)(H,26,27,29). The highest BCUT2D eigenvalue weighted by Gasteiger charge is 2.16. The van der Waals surface area contributed by atoms with Gasteiger partial charge in [0.1, 0.15) is 5.75 Å². The summed E-state index contributed by atoms with van der Waals surface area (Å²) in [6.07, 6.45) is 0.890. The Morgan fingerprint density at radius 1 is 1.18 bits per heavy atom. The molecule has 0 fully saturated rings. The molecule has 0 saturated carbocycles. The van der Waals surface area contributed by atoms with Crippen LogP contribution in [-0.2, 0) is 11.2 Å². The number of benzene rings is 2. The lowest BCUT2D eigenvalue weighted by Crippen LogP contribution is -2.34. The van der Waals surface area contributed by atoms with Crippen molar-refractivity contribution in [3.8, 4) is 28.5 Å². The monoisotopic (exact) mass is 467 g/mol. The lowest BCUT2D eigenvalue weighted by atomic mass is 10.1. The van der Waals surface area contributed by atoms with E-state index in [9.17, 15) is 9.59 Å². The van der Waals surface area contributed by atoms with Gasteiger partial charge in [0.25, 0.3) is 11.8 Å². The van der Waals surface area contributed by atoms with Crippen molar-refractivity contribution in [1.29, 1.82) is 0 Å². The Balaban J connectivity index is 1.42. The number of rotatable bonds is 8. The summed E-state index contributed by atoms with van der Waals surface area (Å²) in [6.45, 7) is 4.31. The highest BCUT2D eigenvalue weighted by Crippen LogP contribution is 2.32. The predicted octanol–water partition coefficient (Wildman–Crippen LogP) is 3.91. The quantitative estimate of drug-likeness (QED) is 0.521. The number of carbonyl (C=O) groups excluding carboxylic acids is 2. The fraction of sp³-hybridized carbons (Fsp3) is 0.292. The van der Waals surface area contributed by atoms with Crippen LogP contribution in [0.25, 0.3) is 11.3 Å². The molecule has 0 spiro atoms. The van der Waals surface area contributed by atoms with Gasteiger partial charge in [0, 0.05) is 29.0 Å². The first kappa shape index (κ1) is 22.6. The third kappa shape index (κ3) is 5.43. The third-order valence-electron chi connectivity index (χ3n) is 4.94. The Morgan fingerprint density at radius 3 is 2.82 bits per heavy atom. The Morgan fingerprint density at radius 2 is 2.03 bits per heavy atom. The molecule has 0 unspecified atom stereocenters. The molecular formula is C24H25N3O5S. The lowest BCUT2D eigenvalue weighted by molar-refractivity contribution is -0.123. The van der Waals surface area contributed by atoms with Crippen molar-refractivity contribution in [3.05, 3.63) is 52.9 Å². The number of thiazole rings is 1. The molecule has 0 radical (unpaired) electrons. The number of nitrogens with zero attached hydrogens (tertiary/aromatic N) is 1. The number of amides is 2. The van der Waals surface area contributed by atoms with E-state index >= 15 is 0 Å². The van der Waals surface area contributed by atoms with Crippen LogP contribution in [0.4, 0.5) is 5.13 Å². The number of fused-ring (bicyclic) bond motifs is 1. The Hall–Kier alpha value is -3.59. The van der Waals surface area contributed by atoms with E-state index in [4.69, 9.17) is 14.2 Å². The molecule has 3 aromatic rings. The second-order valence-corrected chi connectivity index (χ2v) is 8.65. The van der Waals surface area contributed by atoms with Gasteiger partial charge in [-0.1, -0.05) is 0 Å². The first-order valence-corrected chi connectivity index (χ1v) is 11.4. The summed E-state index contributed by atoms with van der Waals surface area (Å²) in [6, 6.07) is 10.8. The van der Waals surface area contributed by atoms with E-state index in [1.54, 1.807) is 18.2 Å². The van der Waals surface area contributed by atoms with Gasteiger partial charge in [0.05, 0.1) is 19.4 Å². The van der Waals surface area contributed by atoms with Crippen LogP contribution in [0.5, 0.6) is 17.2 Å². The molecule has 0 atom stereocenters. The summed E-state index contributed by atoms with van der Waals surface area (Å²) in [5, 5.41) is 7.99. The van der Waals surface area contributed by atoms with Crippen LogP contribution in [0.2, 0.25) is 0 Å². The first-order chi connectivity index (χ1) is 15.9. The molecule has 0 aliphatic carbocycles. The number of hydrogen-bond acceptors (Lipinski definition) is 7. The van der Waals surface area contributed by atoms with Gasteiger partial charge in [-0.15, -0.1) is 11.3 Å². The van der Waals surface area contributed by atoms with Gasteiger partial charge in [-0.05, 0) is 55.8 Å². The smallest absolute Gasteiger partial charge is 0.258 e. The Bertz CT molecular complexity index is 1170. The molecule has 172 valence electrons. The molecule has 0 bridgehead atoms. The van der Waals surface area contributed by atoms with E-state index in [-0.39, 0.29) is 24.5 Å². The van der Waals surface area contributed by atoms with Crippen LogP contribution < -0.4 is 24.8 Å². The average molecular weight is 468 g/mol. The van der Waals surface area contributed by atoms with Crippen molar-refractivity contribution in [2.24, 2.45) is 0 Å². The molecular weight excluding hydrogens is 442 g/mol. The van der Waals surface area contributed by atoms with Gasteiger partial charge in [-0.2, -0.15) is 0 Å². The van der Waals surface area contributed by atoms with Crippen LogP contribution in [0.3, 0.4) is 0 Å². The number of ether oxygens (including phenoxy) is 3. The zero-order valence-corrected chi connectivity index (χ0v) is 19.5. The largest absolute Gasteiger partial charge is 0.493 e. The molecule has 2 N–H and O–H groups in total. The number of aromatic nitrogens is 1. The predicted molar refractivity (Wildman–Crippen MR) is 126 cm³/mol. The molecule has 4 rings (SSSR count). The minimum absolute atomic E-state index is 0.0251. The zero-order chi connectivity index (χ0) is 23.4. The third-order valence-corrected chi connectivity index (χ3v) is 5.70. The minimum atomic E-state index is -0.319. The van der Waals surface area contributed by atoms with E-state index in [0.29, 0.717) is 28.8 Å². The number of anilines is 1. The topological polar surface area (TPSA) is 98.8 Å². The van der Waals surface area contributed by atoms with Crippen LogP contribution in [0, 0.1) is 0 Å². The van der Waals surface area contributed by atoms with Crippen LogP contribution >= 0.6 is 11.3 Å². The maximum Gasteiger partial charge on any atom is 0.258 e. The maximum atomic E-state index is 12.8. The number of hydrogen-bond donors (Lipinski definition) is 2. The molecule has 1 aliphatic heterocycles. The van der Waals surface area contributed by atoms with E-state index in [1.165, 1.54) is 24.0 Å².